The Morgan fingerprint density at radius 1 is 1.24 bits per heavy atom. The molecule has 0 radical (unpaired) electrons. The van der Waals surface area contributed by atoms with E-state index in [4.69, 9.17) is 43.5 Å². The standard InChI is InChI=1S/C19H29N4O9P/c1-19(2)31-15-13(12-29-33(25,27-10-4-7-20)28-11-5-9-26-3)30-17(16(15)32-19)23-8-6-14(21)22-18(23)24/h6,8,13,15-17H,4-5,9-12H2,1-3H3,(H2,21,22,24)/t13-,15?,16?,17-,33?/m1/s1. The number of nitrogen functional groups attached to an aromatic ring is 1. The van der Waals surface area contributed by atoms with Gasteiger partial charge in [-0.3, -0.25) is 18.1 Å². The number of nitrogens with two attached hydrogens (primary N) is 1. The Hall–Kier alpha value is -1.88. The summed E-state index contributed by atoms with van der Waals surface area (Å²) in [5.74, 6) is -0.861. The number of anilines is 1. The van der Waals surface area contributed by atoms with Crippen molar-refractivity contribution in [1.82, 2.24) is 9.55 Å². The highest BCUT2D eigenvalue weighted by Crippen LogP contribution is 2.51. The summed E-state index contributed by atoms with van der Waals surface area (Å²) in [4.78, 5) is 16.1. The van der Waals surface area contributed by atoms with Gasteiger partial charge in [0.15, 0.2) is 12.0 Å². The Bertz CT molecular complexity index is 950. The SMILES string of the molecule is COCCCOP(=O)(OCCC#N)OC[C@H]1O[C@@H](n2ccc(N)nc2=O)C2OC(C)(C)OC21. The molecular weight excluding hydrogens is 459 g/mol. The van der Waals surface area contributed by atoms with Gasteiger partial charge in [-0.25, -0.2) is 9.36 Å². The van der Waals surface area contributed by atoms with Gasteiger partial charge in [0.05, 0.1) is 32.3 Å². The van der Waals surface area contributed by atoms with Crippen LogP contribution in [0.1, 0.15) is 32.9 Å². The molecule has 5 atom stereocenters. The lowest BCUT2D eigenvalue weighted by atomic mass is 10.1. The van der Waals surface area contributed by atoms with E-state index in [-0.39, 0.29) is 32.1 Å². The van der Waals surface area contributed by atoms with Crippen LogP contribution in [0.15, 0.2) is 17.1 Å². The molecule has 0 aromatic carbocycles. The van der Waals surface area contributed by atoms with Gasteiger partial charge in [0.1, 0.15) is 24.1 Å². The van der Waals surface area contributed by atoms with Gasteiger partial charge in [0.2, 0.25) is 0 Å². The summed E-state index contributed by atoms with van der Waals surface area (Å²) in [6.45, 7) is 3.58. The zero-order chi connectivity index (χ0) is 24.1. The second-order valence-corrected chi connectivity index (χ2v) is 9.51. The number of nitrogens with zero attached hydrogens (tertiary/aromatic N) is 3. The van der Waals surface area contributed by atoms with Crippen LogP contribution in [0.5, 0.6) is 0 Å². The number of nitriles is 1. The van der Waals surface area contributed by atoms with Crippen LogP contribution < -0.4 is 11.4 Å². The van der Waals surface area contributed by atoms with E-state index in [0.29, 0.717) is 13.0 Å². The number of hydrogen-bond donors (Lipinski definition) is 1. The fraction of sp³-hybridized carbons (Fsp3) is 0.737. The maximum Gasteiger partial charge on any atom is 0.474 e. The van der Waals surface area contributed by atoms with E-state index in [9.17, 15) is 9.36 Å². The number of fused-ring (bicyclic) bond motifs is 1. The van der Waals surface area contributed by atoms with E-state index in [1.807, 2.05) is 6.07 Å². The Labute approximate surface area is 191 Å². The summed E-state index contributed by atoms with van der Waals surface area (Å²) in [6, 6.07) is 3.37. The summed E-state index contributed by atoms with van der Waals surface area (Å²) >= 11 is 0. The maximum absolute atomic E-state index is 13.0. The Morgan fingerprint density at radius 3 is 2.67 bits per heavy atom. The van der Waals surface area contributed by atoms with Gasteiger partial charge in [-0.2, -0.15) is 10.2 Å². The molecule has 13 nitrogen and oxygen atoms in total. The summed E-state index contributed by atoms with van der Waals surface area (Å²) in [5.41, 5.74) is 4.97. The molecule has 1 aromatic rings. The van der Waals surface area contributed by atoms with Crippen LogP contribution in [0.3, 0.4) is 0 Å². The van der Waals surface area contributed by atoms with Crippen molar-refractivity contribution in [2.45, 2.75) is 57.0 Å². The van der Waals surface area contributed by atoms with Crippen LogP contribution in [0, 0.1) is 11.3 Å². The zero-order valence-corrected chi connectivity index (χ0v) is 19.6. The van der Waals surface area contributed by atoms with Gasteiger partial charge in [0, 0.05) is 19.9 Å². The second-order valence-electron chi connectivity index (χ2n) is 7.84. The van der Waals surface area contributed by atoms with Gasteiger partial charge in [0.25, 0.3) is 0 Å². The van der Waals surface area contributed by atoms with Gasteiger partial charge in [-0.05, 0) is 26.3 Å². The molecule has 3 unspecified atom stereocenters. The smallest absolute Gasteiger partial charge is 0.385 e. The van der Waals surface area contributed by atoms with Gasteiger partial charge in [-0.1, -0.05) is 0 Å². The molecule has 0 aliphatic carbocycles. The third kappa shape index (κ3) is 6.59. The van der Waals surface area contributed by atoms with Crippen molar-refractivity contribution in [2.24, 2.45) is 0 Å². The van der Waals surface area contributed by atoms with Crippen LogP contribution >= 0.6 is 7.82 Å². The number of phosphoric acid groups is 1. The molecule has 3 heterocycles. The molecule has 3 rings (SSSR count). The number of rotatable bonds is 12. The molecule has 2 aliphatic heterocycles. The summed E-state index contributed by atoms with van der Waals surface area (Å²) in [6.07, 6.45) is -0.974. The minimum Gasteiger partial charge on any atom is -0.385 e. The lowest BCUT2D eigenvalue weighted by Crippen LogP contribution is -2.35. The minimum absolute atomic E-state index is 0.0136. The van der Waals surface area contributed by atoms with Crippen molar-refractivity contribution in [2.75, 3.05) is 39.3 Å². The highest BCUT2D eigenvalue weighted by atomic mass is 31.2. The van der Waals surface area contributed by atoms with E-state index < -0.39 is 43.8 Å². The lowest BCUT2D eigenvalue weighted by molar-refractivity contribution is -0.200. The first-order valence-electron chi connectivity index (χ1n) is 10.4. The molecular formula is C19H29N4O9P. The van der Waals surface area contributed by atoms with Crippen molar-refractivity contribution in [1.29, 1.82) is 5.26 Å². The zero-order valence-electron chi connectivity index (χ0n) is 18.7. The number of phosphoric ester groups is 1. The highest BCUT2D eigenvalue weighted by molar-refractivity contribution is 7.48. The lowest BCUT2D eigenvalue weighted by Gasteiger charge is -2.25. The van der Waals surface area contributed by atoms with Crippen molar-refractivity contribution >= 4 is 13.6 Å². The molecule has 2 saturated heterocycles. The highest BCUT2D eigenvalue weighted by Gasteiger charge is 2.56. The third-order valence-corrected chi connectivity index (χ3v) is 6.32. The van der Waals surface area contributed by atoms with E-state index in [1.165, 1.54) is 23.9 Å². The molecule has 1 aromatic heterocycles. The minimum atomic E-state index is -4.00. The largest absolute Gasteiger partial charge is 0.474 e. The fourth-order valence-electron chi connectivity index (χ4n) is 3.50. The summed E-state index contributed by atoms with van der Waals surface area (Å²) in [7, 11) is -2.46. The quantitative estimate of drug-likeness (QED) is 0.332. The molecule has 2 N–H and O–H groups in total. The normalized spacial score (nSPS) is 27.7. The van der Waals surface area contributed by atoms with Crippen molar-refractivity contribution in [3.05, 3.63) is 22.7 Å². The monoisotopic (exact) mass is 488 g/mol. The van der Waals surface area contributed by atoms with Gasteiger partial charge >= 0.3 is 13.5 Å². The molecule has 184 valence electrons. The molecule has 33 heavy (non-hydrogen) atoms. The molecule has 2 fully saturated rings. The van der Waals surface area contributed by atoms with Gasteiger partial charge < -0.3 is 24.7 Å². The van der Waals surface area contributed by atoms with E-state index >= 15 is 0 Å². The maximum atomic E-state index is 13.0. The Morgan fingerprint density at radius 2 is 1.97 bits per heavy atom. The van der Waals surface area contributed by atoms with Crippen LogP contribution in [0.2, 0.25) is 0 Å². The fourth-order valence-corrected chi connectivity index (χ4v) is 4.72. The topological polar surface area (TPSA) is 166 Å². The summed E-state index contributed by atoms with van der Waals surface area (Å²) in [5, 5.41) is 8.73. The molecule has 14 heteroatoms. The summed E-state index contributed by atoms with van der Waals surface area (Å²) < 4.78 is 53.3. The van der Waals surface area contributed by atoms with Gasteiger partial charge in [-0.15, -0.1) is 0 Å². The molecule has 0 saturated carbocycles. The Kier molecular flexibility index (Phi) is 8.60. The van der Waals surface area contributed by atoms with Crippen molar-refractivity contribution in [3.8, 4) is 6.07 Å². The van der Waals surface area contributed by atoms with Crippen LogP contribution in [-0.2, 0) is 37.1 Å². The first kappa shape index (κ1) is 25.7. The van der Waals surface area contributed by atoms with E-state index in [2.05, 4.69) is 4.98 Å². The Balaban J connectivity index is 1.73. The second kappa shape index (κ2) is 11.0. The predicted octanol–water partition coefficient (Wildman–Crippen LogP) is 1.35. The molecule has 0 spiro atoms. The predicted molar refractivity (Wildman–Crippen MR) is 113 cm³/mol. The van der Waals surface area contributed by atoms with Crippen molar-refractivity contribution < 1.29 is 37.1 Å². The molecule has 0 amide bonds. The first-order chi connectivity index (χ1) is 15.7. The number of methoxy groups -OCH3 is 1. The van der Waals surface area contributed by atoms with E-state index in [1.54, 1.807) is 13.8 Å². The van der Waals surface area contributed by atoms with Crippen LogP contribution in [-0.4, -0.2) is 67.2 Å². The average molecular weight is 488 g/mol. The first-order valence-corrected chi connectivity index (χ1v) is 11.9. The molecule has 2 aliphatic rings. The number of hydrogen-bond acceptors (Lipinski definition) is 12. The van der Waals surface area contributed by atoms with Crippen LogP contribution in [0.4, 0.5) is 5.82 Å². The van der Waals surface area contributed by atoms with E-state index in [0.717, 1.165) is 0 Å². The molecule has 0 bridgehead atoms. The van der Waals surface area contributed by atoms with Crippen LogP contribution in [0.25, 0.3) is 0 Å². The third-order valence-electron chi connectivity index (χ3n) is 4.85. The number of ether oxygens (including phenoxy) is 4. The number of aromatic nitrogens is 2. The van der Waals surface area contributed by atoms with Crippen molar-refractivity contribution in [3.63, 3.8) is 0 Å². The average Bonchev–Trinajstić information content (AvgIpc) is 3.23.